The molecule has 1 aliphatic heterocycles. The number of nitrogens with zero attached hydrogens (tertiary/aromatic N) is 1. The summed E-state index contributed by atoms with van der Waals surface area (Å²) in [6.45, 7) is 5.50. The molecule has 17 heavy (non-hydrogen) atoms. The van der Waals surface area contributed by atoms with Gasteiger partial charge in [-0.25, -0.2) is 4.98 Å². The Morgan fingerprint density at radius 3 is 3.06 bits per heavy atom. The third kappa shape index (κ3) is 3.48. The number of halogens is 1. The first-order valence-corrected chi connectivity index (χ1v) is 6.19. The highest BCUT2D eigenvalue weighted by molar-refractivity contribution is 6.30. The summed E-state index contributed by atoms with van der Waals surface area (Å²) in [5, 5.41) is 3.88. The van der Waals surface area contributed by atoms with Gasteiger partial charge in [0.2, 0.25) is 5.88 Å². The maximum Gasteiger partial charge on any atom is 0.237 e. The van der Waals surface area contributed by atoms with Crippen LogP contribution in [0.4, 0.5) is 5.69 Å². The summed E-state index contributed by atoms with van der Waals surface area (Å²) in [7, 11) is 0. The summed E-state index contributed by atoms with van der Waals surface area (Å²) in [5.74, 6) is 0.596. The molecule has 0 aliphatic carbocycles. The molecule has 1 N–H and O–H groups in total. The monoisotopic (exact) mass is 256 g/mol. The van der Waals surface area contributed by atoms with Gasteiger partial charge >= 0.3 is 0 Å². The lowest BCUT2D eigenvalue weighted by atomic mass is 10.3. The Labute approximate surface area is 106 Å². The SMILES string of the molecule is CC(C)Nc1cc(Cl)cnc1O[C@@H]1CCOC1. The number of rotatable bonds is 4. The fourth-order valence-corrected chi connectivity index (χ4v) is 1.86. The maximum absolute atomic E-state index is 5.93. The number of hydrogen-bond acceptors (Lipinski definition) is 4. The number of ether oxygens (including phenoxy) is 2. The van der Waals surface area contributed by atoms with Crippen LogP contribution in [0.3, 0.4) is 0 Å². The Balaban J connectivity index is 2.13. The molecule has 94 valence electrons. The molecule has 0 radical (unpaired) electrons. The average Bonchev–Trinajstić information content (AvgIpc) is 2.74. The van der Waals surface area contributed by atoms with Crippen molar-refractivity contribution < 1.29 is 9.47 Å². The number of aromatic nitrogens is 1. The van der Waals surface area contributed by atoms with Crippen LogP contribution < -0.4 is 10.1 Å². The van der Waals surface area contributed by atoms with Gasteiger partial charge < -0.3 is 14.8 Å². The van der Waals surface area contributed by atoms with Crippen molar-refractivity contribution in [3.8, 4) is 5.88 Å². The van der Waals surface area contributed by atoms with Crippen molar-refractivity contribution in [3.05, 3.63) is 17.3 Å². The van der Waals surface area contributed by atoms with E-state index in [1.807, 2.05) is 6.07 Å². The van der Waals surface area contributed by atoms with E-state index in [1.54, 1.807) is 6.20 Å². The predicted octanol–water partition coefficient (Wildman–Crippen LogP) is 2.72. The van der Waals surface area contributed by atoms with Crippen LogP contribution in [0, 0.1) is 0 Å². The highest BCUT2D eigenvalue weighted by atomic mass is 35.5. The zero-order valence-corrected chi connectivity index (χ0v) is 10.8. The fraction of sp³-hybridized carbons (Fsp3) is 0.583. The van der Waals surface area contributed by atoms with Crippen molar-refractivity contribution in [1.29, 1.82) is 0 Å². The third-order valence-corrected chi connectivity index (χ3v) is 2.63. The number of nitrogens with one attached hydrogen (secondary N) is 1. The molecule has 0 spiro atoms. The highest BCUT2D eigenvalue weighted by Crippen LogP contribution is 2.27. The van der Waals surface area contributed by atoms with Crippen LogP contribution in [-0.4, -0.2) is 30.3 Å². The largest absolute Gasteiger partial charge is 0.470 e. The Hall–Kier alpha value is -1.00. The zero-order valence-electron chi connectivity index (χ0n) is 10.1. The van der Waals surface area contributed by atoms with Crippen LogP contribution in [0.25, 0.3) is 0 Å². The molecular weight excluding hydrogens is 240 g/mol. The van der Waals surface area contributed by atoms with E-state index >= 15 is 0 Å². The number of hydrogen-bond donors (Lipinski definition) is 1. The standard InChI is InChI=1S/C12H17ClN2O2/c1-8(2)15-11-5-9(13)6-14-12(11)17-10-3-4-16-7-10/h5-6,8,10,15H,3-4,7H2,1-2H3/t10-/m1/s1. The summed E-state index contributed by atoms with van der Waals surface area (Å²) in [6.07, 6.45) is 2.60. The lowest BCUT2D eigenvalue weighted by molar-refractivity contribution is 0.138. The molecule has 1 aliphatic rings. The molecule has 0 aromatic carbocycles. The Bertz CT molecular complexity index is 379. The van der Waals surface area contributed by atoms with Crippen LogP contribution in [0.15, 0.2) is 12.3 Å². The van der Waals surface area contributed by atoms with Crippen LogP contribution in [0.2, 0.25) is 5.02 Å². The predicted molar refractivity (Wildman–Crippen MR) is 67.9 cm³/mol. The maximum atomic E-state index is 5.93. The van der Waals surface area contributed by atoms with Crippen molar-refractivity contribution in [3.63, 3.8) is 0 Å². The summed E-state index contributed by atoms with van der Waals surface area (Å²) in [5.41, 5.74) is 0.833. The van der Waals surface area contributed by atoms with Crippen LogP contribution in [-0.2, 0) is 4.74 Å². The number of anilines is 1. The molecule has 0 bridgehead atoms. The molecule has 1 fully saturated rings. The van der Waals surface area contributed by atoms with Gasteiger partial charge in [-0.15, -0.1) is 0 Å². The van der Waals surface area contributed by atoms with Gasteiger partial charge in [0.25, 0.3) is 0 Å². The van der Waals surface area contributed by atoms with E-state index in [0.717, 1.165) is 18.7 Å². The molecule has 0 saturated carbocycles. The molecule has 0 unspecified atom stereocenters. The molecule has 1 atom stereocenters. The van der Waals surface area contributed by atoms with Gasteiger partial charge in [-0.2, -0.15) is 0 Å². The summed E-state index contributed by atoms with van der Waals surface area (Å²) in [6, 6.07) is 2.14. The van der Waals surface area contributed by atoms with Gasteiger partial charge in [-0.05, 0) is 19.9 Å². The Morgan fingerprint density at radius 1 is 1.59 bits per heavy atom. The first-order chi connectivity index (χ1) is 8.15. The molecule has 1 saturated heterocycles. The van der Waals surface area contributed by atoms with E-state index in [9.17, 15) is 0 Å². The van der Waals surface area contributed by atoms with Crippen molar-refractivity contribution in [2.45, 2.75) is 32.4 Å². The van der Waals surface area contributed by atoms with E-state index in [4.69, 9.17) is 21.1 Å². The molecule has 2 rings (SSSR count). The summed E-state index contributed by atoms with van der Waals surface area (Å²) >= 11 is 5.93. The summed E-state index contributed by atoms with van der Waals surface area (Å²) < 4.78 is 11.1. The molecule has 2 heterocycles. The van der Waals surface area contributed by atoms with E-state index in [2.05, 4.69) is 24.1 Å². The van der Waals surface area contributed by atoms with Gasteiger partial charge in [0, 0.05) is 18.7 Å². The quantitative estimate of drug-likeness (QED) is 0.900. The second kappa shape index (κ2) is 5.56. The first kappa shape index (κ1) is 12.5. The molecule has 4 nitrogen and oxygen atoms in total. The van der Waals surface area contributed by atoms with Gasteiger partial charge in [-0.1, -0.05) is 11.6 Å². The smallest absolute Gasteiger partial charge is 0.237 e. The molecule has 1 aromatic heterocycles. The normalized spacial score (nSPS) is 19.6. The fourth-order valence-electron chi connectivity index (χ4n) is 1.70. The van der Waals surface area contributed by atoms with Crippen molar-refractivity contribution in [2.75, 3.05) is 18.5 Å². The van der Waals surface area contributed by atoms with Crippen LogP contribution in [0.5, 0.6) is 5.88 Å². The van der Waals surface area contributed by atoms with Gasteiger partial charge in [-0.3, -0.25) is 0 Å². The second-order valence-corrected chi connectivity index (χ2v) is 4.85. The van der Waals surface area contributed by atoms with E-state index in [1.165, 1.54) is 0 Å². The Morgan fingerprint density at radius 2 is 2.41 bits per heavy atom. The third-order valence-electron chi connectivity index (χ3n) is 2.43. The van der Waals surface area contributed by atoms with Crippen molar-refractivity contribution >= 4 is 17.3 Å². The lowest BCUT2D eigenvalue weighted by Gasteiger charge is -2.17. The average molecular weight is 257 g/mol. The molecular formula is C12H17ClN2O2. The van der Waals surface area contributed by atoms with Crippen molar-refractivity contribution in [2.24, 2.45) is 0 Å². The molecule has 5 heteroatoms. The van der Waals surface area contributed by atoms with Crippen LogP contribution in [0.1, 0.15) is 20.3 Å². The minimum Gasteiger partial charge on any atom is -0.470 e. The zero-order chi connectivity index (χ0) is 12.3. The molecule has 1 aromatic rings. The van der Waals surface area contributed by atoms with Gasteiger partial charge in [0.05, 0.1) is 23.9 Å². The molecule has 0 amide bonds. The minimum atomic E-state index is 0.0939. The minimum absolute atomic E-state index is 0.0939. The lowest BCUT2D eigenvalue weighted by Crippen LogP contribution is -2.19. The van der Waals surface area contributed by atoms with E-state index < -0.39 is 0 Å². The van der Waals surface area contributed by atoms with Crippen molar-refractivity contribution in [1.82, 2.24) is 4.98 Å². The second-order valence-electron chi connectivity index (χ2n) is 4.41. The topological polar surface area (TPSA) is 43.4 Å². The van der Waals surface area contributed by atoms with E-state index in [-0.39, 0.29) is 6.10 Å². The summed E-state index contributed by atoms with van der Waals surface area (Å²) in [4.78, 5) is 4.22. The van der Waals surface area contributed by atoms with Gasteiger partial charge in [0.1, 0.15) is 6.10 Å². The van der Waals surface area contributed by atoms with E-state index in [0.29, 0.717) is 23.6 Å². The number of pyridine rings is 1. The van der Waals surface area contributed by atoms with Gasteiger partial charge in [0.15, 0.2) is 0 Å². The first-order valence-electron chi connectivity index (χ1n) is 5.81. The highest BCUT2D eigenvalue weighted by Gasteiger charge is 2.19. The Kier molecular flexibility index (Phi) is 4.07. The van der Waals surface area contributed by atoms with Crippen LogP contribution >= 0.6 is 11.6 Å².